The van der Waals surface area contributed by atoms with Crippen molar-refractivity contribution < 1.29 is 10.0 Å². The van der Waals surface area contributed by atoms with Crippen LogP contribution in [-0.4, -0.2) is 31.9 Å². The number of benzene rings is 1. The highest BCUT2D eigenvalue weighted by molar-refractivity contribution is 7.71. The molecule has 22 heavy (non-hydrogen) atoms. The number of H-pyrrole nitrogens is 2. The number of aromatic hydroxyl groups is 1. The van der Waals surface area contributed by atoms with Crippen LogP contribution in [0.25, 0.3) is 6.08 Å². The highest BCUT2D eigenvalue weighted by Crippen LogP contribution is 2.22. The van der Waals surface area contributed by atoms with Gasteiger partial charge in [-0.15, -0.1) is 5.10 Å². The summed E-state index contributed by atoms with van der Waals surface area (Å²) in [7, 11) is 0. The Morgan fingerprint density at radius 1 is 1.36 bits per heavy atom. The van der Waals surface area contributed by atoms with Crippen molar-refractivity contribution in [2.24, 2.45) is 10.2 Å². The van der Waals surface area contributed by atoms with Gasteiger partial charge >= 0.3 is 0 Å². The molecule has 0 saturated heterocycles. The SMILES string of the molecule is O=[N+]([O-])c1cccc(C2=NN=C/C2=C\c2[nH]c(=S)[nH]c2O)c1. The molecule has 110 valence electrons. The zero-order valence-electron chi connectivity index (χ0n) is 11.0. The van der Waals surface area contributed by atoms with Crippen molar-refractivity contribution in [2.45, 2.75) is 0 Å². The summed E-state index contributed by atoms with van der Waals surface area (Å²) in [5, 5.41) is 28.4. The lowest BCUT2D eigenvalue weighted by Crippen LogP contribution is -2.03. The molecule has 0 amide bonds. The first-order chi connectivity index (χ1) is 10.5. The molecule has 2 heterocycles. The zero-order valence-corrected chi connectivity index (χ0v) is 11.8. The maximum Gasteiger partial charge on any atom is 0.270 e. The molecule has 0 saturated carbocycles. The number of nitro benzene ring substituents is 1. The van der Waals surface area contributed by atoms with Crippen LogP contribution in [0.3, 0.4) is 0 Å². The molecule has 3 N–H and O–H groups in total. The van der Waals surface area contributed by atoms with Crippen LogP contribution in [0.15, 0.2) is 40.0 Å². The van der Waals surface area contributed by atoms with E-state index in [1.54, 1.807) is 18.2 Å². The lowest BCUT2D eigenvalue weighted by Gasteiger charge is -2.02. The molecule has 0 radical (unpaired) electrons. The van der Waals surface area contributed by atoms with E-state index in [1.165, 1.54) is 18.3 Å². The van der Waals surface area contributed by atoms with Gasteiger partial charge in [-0.2, -0.15) is 5.10 Å². The number of nitro groups is 1. The highest BCUT2D eigenvalue weighted by Gasteiger charge is 2.17. The number of nitrogens with one attached hydrogen (secondary N) is 2. The molecule has 3 rings (SSSR count). The minimum Gasteiger partial charge on any atom is -0.493 e. The second-order valence-corrected chi connectivity index (χ2v) is 4.85. The molecule has 1 aromatic heterocycles. The first-order valence-corrected chi connectivity index (χ1v) is 6.54. The molecular weight excluding hydrogens is 306 g/mol. The molecule has 1 aliphatic heterocycles. The van der Waals surface area contributed by atoms with Crippen molar-refractivity contribution in [3.63, 3.8) is 0 Å². The number of imidazole rings is 1. The van der Waals surface area contributed by atoms with Gasteiger partial charge in [0.1, 0.15) is 11.4 Å². The number of aromatic amines is 2. The van der Waals surface area contributed by atoms with Gasteiger partial charge in [0.15, 0.2) is 4.77 Å². The van der Waals surface area contributed by atoms with E-state index in [4.69, 9.17) is 12.2 Å². The molecule has 0 aliphatic carbocycles. The second kappa shape index (κ2) is 5.37. The number of hydrogen-bond donors (Lipinski definition) is 3. The third kappa shape index (κ3) is 2.56. The second-order valence-electron chi connectivity index (χ2n) is 4.44. The van der Waals surface area contributed by atoms with Crippen LogP contribution in [0.4, 0.5) is 5.69 Å². The van der Waals surface area contributed by atoms with Gasteiger partial charge < -0.3 is 15.1 Å². The number of allylic oxidation sites excluding steroid dienone is 1. The summed E-state index contributed by atoms with van der Waals surface area (Å²) in [5.41, 5.74) is 1.98. The third-order valence-corrected chi connectivity index (χ3v) is 3.20. The summed E-state index contributed by atoms with van der Waals surface area (Å²) in [6.07, 6.45) is 3.10. The van der Waals surface area contributed by atoms with Crippen LogP contribution < -0.4 is 0 Å². The van der Waals surface area contributed by atoms with Crippen molar-refractivity contribution in [2.75, 3.05) is 0 Å². The third-order valence-electron chi connectivity index (χ3n) is 2.99. The van der Waals surface area contributed by atoms with E-state index in [0.717, 1.165) is 0 Å². The smallest absolute Gasteiger partial charge is 0.270 e. The van der Waals surface area contributed by atoms with Gasteiger partial charge in [0, 0.05) is 23.3 Å². The maximum absolute atomic E-state index is 10.9. The van der Waals surface area contributed by atoms with Gasteiger partial charge in [0.2, 0.25) is 5.88 Å². The molecule has 1 aromatic carbocycles. The van der Waals surface area contributed by atoms with E-state index >= 15 is 0 Å². The first kappa shape index (κ1) is 13.9. The zero-order chi connectivity index (χ0) is 15.7. The van der Waals surface area contributed by atoms with Crippen molar-refractivity contribution >= 4 is 35.9 Å². The fourth-order valence-corrected chi connectivity index (χ4v) is 2.22. The maximum atomic E-state index is 10.9. The quantitative estimate of drug-likeness (QED) is 0.458. The van der Waals surface area contributed by atoms with E-state index in [2.05, 4.69) is 20.2 Å². The standard InChI is InChI=1S/C13H9N5O3S/c19-12-10(15-13(22)16-12)5-8-6-14-17-11(8)7-2-1-3-9(4-7)18(20)21/h1-6,19H,(H2,15,16,22)/b8-5+. The normalized spacial score (nSPS) is 15.3. The Morgan fingerprint density at radius 3 is 2.86 bits per heavy atom. The van der Waals surface area contributed by atoms with Gasteiger partial charge in [-0.25, -0.2) is 0 Å². The van der Waals surface area contributed by atoms with Gasteiger partial charge in [-0.05, 0) is 18.3 Å². The Kier molecular flexibility index (Phi) is 3.39. The van der Waals surface area contributed by atoms with Crippen LogP contribution in [0.2, 0.25) is 0 Å². The number of hydrogen-bond acceptors (Lipinski definition) is 6. The molecule has 1 aliphatic rings. The minimum atomic E-state index is -0.474. The molecule has 9 heteroatoms. The monoisotopic (exact) mass is 315 g/mol. The van der Waals surface area contributed by atoms with Gasteiger partial charge in [-0.1, -0.05) is 12.1 Å². The van der Waals surface area contributed by atoms with E-state index in [0.29, 0.717) is 22.5 Å². The summed E-state index contributed by atoms with van der Waals surface area (Å²) < 4.78 is 0.285. The number of non-ortho nitro benzene ring substituents is 1. The average Bonchev–Trinajstić information content (AvgIpc) is 3.06. The van der Waals surface area contributed by atoms with E-state index in [-0.39, 0.29) is 16.3 Å². The summed E-state index contributed by atoms with van der Waals surface area (Å²) in [4.78, 5) is 15.7. The summed E-state index contributed by atoms with van der Waals surface area (Å²) in [6, 6.07) is 6.10. The predicted molar refractivity (Wildman–Crippen MR) is 83.7 cm³/mol. The summed E-state index contributed by atoms with van der Waals surface area (Å²) >= 11 is 4.89. The van der Waals surface area contributed by atoms with Crippen molar-refractivity contribution in [3.05, 3.63) is 56.0 Å². The van der Waals surface area contributed by atoms with Crippen LogP contribution >= 0.6 is 12.2 Å². The largest absolute Gasteiger partial charge is 0.493 e. The van der Waals surface area contributed by atoms with E-state index < -0.39 is 4.92 Å². The Morgan fingerprint density at radius 2 is 2.18 bits per heavy atom. The molecular formula is C13H9N5O3S. The average molecular weight is 315 g/mol. The first-order valence-electron chi connectivity index (χ1n) is 6.14. The van der Waals surface area contributed by atoms with Gasteiger partial charge in [-0.3, -0.25) is 10.1 Å². The van der Waals surface area contributed by atoms with Crippen LogP contribution in [-0.2, 0) is 0 Å². The predicted octanol–water partition coefficient (Wildman–Crippen LogP) is 2.56. The minimum absolute atomic E-state index is 0.0321. The Balaban J connectivity index is 2.01. The molecule has 0 bridgehead atoms. The lowest BCUT2D eigenvalue weighted by molar-refractivity contribution is -0.384. The van der Waals surface area contributed by atoms with Gasteiger partial charge in [0.05, 0.1) is 11.1 Å². The number of aromatic nitrogens is 2. The summed E-state index contributed by atoms with van der Waals surface area (Å²) in [6.45, 7) is 0. The molecule has 0 atom stereocenters. The molecule has 0 fully saturated rings. The fourth-order valence-electron chi connectivity index (χ4n) is 2.01. The fraction of sp³-hybridized carbons (Fsp3) is 0. The molecule has 8 nitrogen and oxygen atoms in total. The van der Waals surface area contributed by atoms with Crippen molar-refractivity contribution in [3.8, 4) is 5.88 Å². The molecule has 0 unspecified atom stereocenters. The van der Waals surface area contributed by atoms with Crippen LogP contribution in [0.1, 0.15) is 11.3 Å². The Hall–Kier alpha value is -3.07. The van der Waals surface area contributed by atoms with Crippen LogP contribution in [0, 0.1) is 14.9 Å². The van der Waals surface area contributed by atoms with E-state index in [1.807, 2.05) is 0 Å². The van der Waals surface area contributed by atoms with Crippen molar-refractivity contribution in [1.29, 1.82) is 0 Å². The highest BCUT2D eigenvalue weighted by atomic mass is 32.1. The summed E-state index contributed by atoms with van der Waals surface area (Å²) in [5.74, 6) is -0.101. The topological polar surface area (TPSA) is 120 Å². The molecule has 2 aromatic rings. The Bertz CT molecular complexity index is 906. The molecule has 0 spiro atoms. The van der Waals surface area contributed by atoms with Crippen LogP contribution in [0.5, 0.6) is 5.88 Å². The number of nitrogens with zero attached hydrogens (tertiary/aromatic N) is 3. The lowest BCUT2D eigenvalue weighted by atomic mass is 10.0. The Labute approximate surface area is 128 Å². The number of rotatable bonds is 3. The van der Waals surface area contributed by atoms with Gasteiger partial charge in [0.25, 0.3) is 5.69 Å². The van der Waals surface area contributed by atoms with E-state index in [9.17, 15) is 15.2 Å². The van der Waals surface area contributed by atoms with Crippen molar-refractivity contribution in [1.82, 2.24) is 9.97 Å².